The van der Waals surface area contributed by atoms with Gasteiger partial charge in [0.2, 0.25) is 0 Å². The summed E-state index contributed by atoms with van der Waals surface area (Å²) in [4.78, 5) is 3.49. The molecule has 0 fully saturated rings. The molecule has 0 atom stereocenters. The fourth-order valence-electron chi connectivity index (χ4n) is 9.33. The van der Waals surface area contributed by atoms with E-state index in [1.807, 2.05) is 84.9 Å². The summed E-state index contributed by atoms with van der Waals surface area (Å²) >= 11 is 15.3. The molecule has 0 bridgehead atoms. The molecule has 14 aromatic rings. The van der Waals surface area contributed by atoms with Gasteiger partial charge >= 0.3 is 0 Å². The highest BCUT2D eigenvalue weighted by atomic mass is 79.9. The number of aromatic amines is 1. The lowest BCUT2D eigenvalue weighted by molar-refractivity contribution is 0.671. The standard InChI is InChI=1S/C30H18ClNO.C18H11NO.C12H8BrCl/c31-21-13-9-19(10-14-21)20-11-15-22(16-12-20)32-27-7-3-1-5-23(27)25-17-18-26-24-6-2-4-8-28(24)33-30(26)29(25)32;1-3-7-15-11(5-1)13-9-10-14-12-6-2-4-8-16(12)20-18(14)17(13)19-15;13-11-5-1-9(2-6-11)10-3-7-12(14)8-4-10/h1-18H;1-10,19H;1-8H. The molecule has 7 heteroatoms. The highest BCUT2D eigenvalue weighted by Gasteiger charge is 2.19. The van der Waals surface area contributed by atoms with Crippen LogP contribution in [0.1, 0.15) is 0 Å². The number of rotatable bonds is 3. The van der Waals surface area contributed by atoms with E-state index < -0.39 is 0 Å². The molecule has 4 aromatic heterocycles. The number of para-hydroxylation sites is 4. The minimum Gasteiger partial charge on any atom is -0.454 e. The fraction of sp³-hybridized carbons (Fsp3) is 0. The van der Waals surface area contributed by atoms with E-state index in [1.54, 1.807) is 0 Å². The first kappa shape index (κ1) is 40.9. The predicted molar refractivity (Wildman–Crippen MR) is 286 cm³/mol. The molecule has 0 aliphatic heterocycles. The number of nitrogens with zero attached hydrogens (tertiary/aromatic N) is 1. The summed E-state index contributed by atoms with van der Waals surface area (Å²) < 4.78 is 15.9. The van der Waals surface area contributed by atoms with Crippen molar-refractivity contribution in [2.45, 2.75) is 0 Å². The third-order valence-electron chi connectivity index (χ3n) is 12.5. The predicted octanol–water partition coefficient (Wildman–Crippen LogP) is 19.0. The van der Waals surface area contributed by atoms with E-state index in [1.165, 1.54) is 49.0 Å². The smallest absolute Gasteiger partial charge is 0.160 e. The van der Waals surface area contributed by atoms with Crippen molar-refractivity contribution >= 4 is 127 Å². The molecule has 0 amide bonds. The summed E-state index contributed by atoms with van der Waals surface area (Å²) in [5.74, 6) is 0. The zero-order chi connectivity index (χ0) is 45.0. The van der Waals surface area contributed by atoms with Crippen molar-refractivity contribution in [1.29, 1.82) is 0 Å². The van der Waals surface area contributed by atoms with Crippen LogP contribution in [0.4, 0.5) is 0 Å². The molecule has 0 saturated heterocycles. The molecule has 1 N–H and O–H groups in total. The summed E-state index contributed by atoms with van der Waals surface area (Å²) in [7, 11) is 0. The van der Waals surface area contributed by atoms with E-state index in [4.69, 9.17) is 32.0 Å². The highest BCUT2D eigenvalue weighted by molar-refractivity contribution is 9.10. The van der Waals surface area contributed by atoms with Gasteiger partial charge in [-0.3, -0.25) is 0 Å². The lowest BCUT2D eigenvalue weighted by atomic mass is 10.1. The van der Waals surface area contributed by atoms with Crippen LogP contribution in [0.3, 0.4) is 0 Å². The number of hydrogen-bond acceptors (Lipinski definition) is 2. The Morgan fingerprint density at radius 2 is 0.821 bits per heavy atom. The summed E-state index contributed by atoms with van der Waals surface area (Å²) in [6.45, 7) is 0. The van der Waals surface area contributed by atoms with Crippen LogP contribution in [0.15, 0.2) is 232 Å². The Morgan fingerprint density at radius 3 is 1.43 bits per heavy atom. The molecule has 320 valence electrons. The fourth-order valence-corrected chi connectivity index (χ4v) is 9.84. The monoisotopic (exact) mass is 966 g/mol. The SMILES string of the molecule is Clc1ccc(-c2ccc(-n3c4ccccc4c4ccc5c6ccccc6oc5c43)cc2)cc1.Clc1ccc(-c2ccc(Br)cc2)cc1.c1ccc2c(c1)[nH]c1c2ccc2c3ccccc3oc21. The molecule has 4 heterocycles. The highest BCUT2D eigenvalue weighted by Crippen LogP contribution is 2.41. The number of halogens is 3. The normalized spacial score (nSPS) is 11.5. The van der Waals surface area contributed by atoms with Gasteiger partial charge < -0.3 is 18.4 Å². The van der Waals surface area contributed by atoms with Gasteiger partial charge in [0.05, 0.1) is 16.6 Å². The van der Waals surface area contributed by atoms with Crippen molar-refractivity contribution in [3.05, 3.63) is 233 Å². The number of benzene rings is 10. The number of fused-ring (bicyclic) bond motifs is 14. The molecule has 4 nitrogen and oxygen atoms in total. The molecular formula is C60H37BrCl2N2O2. The molecule has 0 saturated carbocycles. The first-order valence-corrected chi connectivity index (χ1v) is 23.5. The van der Waals surface area contributed by atoms with E-state index in [0.717, 1.165) is 81.0 Å². The lowest BCUT2D eigenvalue weighted by Crippen LogP contribution is -1.94. The molecule has 67 heavy (non-hydrogen) atoms. The molecule has 0 aliphatic carbocycles. The maximum absolute atomic E-state index is 6.43. The zero-order valence-electron chi connectivity index (χ0n) is 35.7. The average molecular weight is 969 g/mol. The summed E-state index contributed by atoms with van der Waals surface area (Å²) in [5.41, 5.74) is 14.0. The summed E-state index contributed by atoms with van der Waals surface area (Å²) in [6, 6.07) is 74.8. The first-order chi connectivity index (χ1) is 32.9. The van der Waals surface area contributed by atoms with E-state index in [2.05, 4.69) is 159 Å². The van der Waals surface area contributed by atoms with Gasteiger partial charge in [0.15, 0.2) is 11.2 Å². The molecule has 10 aromatic carbocycles. The van der Waals surface area contributed by atoms with Crippen molar-refractivity contribution in [1.82, 2.24) is 9.55 Å². The maximum atomic E-state index is 6.43. The number of hydrogen-bond donors (Lipinski definition) is 1. The Hall–Kier alpha value is -7.54. The van der Waals surface area contributed by atoms with Crippen LogP contribution in [-0.4, -0.2) is 9.55 Å². The van der Waals surface area contributed by atoms with Crippen molar-refractivity contribution in [3.8, 4) is 27.9 Å². The maximum Gasteiger partial charge on any atom is 0.160 e. The van der Waals surface area contributed by atoms with Crippen molar-refractivity contribution in [2.75, 3.05) is 0 Å². The van der Waals surface area contributed by atoms with Crippen LogP contribution < -0.4 is 0 Å². The van der Waals surface area contributed by atoms with Gasteiger partial charge in [-0.05, 0) is 107 Å². The minimum absolute atomic E-state index is 0.746. The summed E-state index contributed by atoms with van der Waals surface area (Å²) in [6.07, 6.45) is 0. The molecule has 0 aliphatic rings. The number of H-pyrrole nitrogens is 1. The van der Waals surface area contributed by atoms with Crippen LogP contribution in [0, 0.1) is 0 Å². The molecule has 0 spiro atoms. The number of nitrogens with one attached hydrogen (secondary N) is 1. The molecular weight excluding hydrogens is 931 g/mol. The number of furan rings is 2. The Labute approximate surface area is 403 Å². The van der Waals surface area contributed by atoms with E-state index in [-0.39, 0.29) is 0 Å². The van der Waals surface area contributed by atoms with Gasteiger partial charge in [-0.15, -0.1) is 0 Å². The van der Waals surface area contributed by atoms with Gasteiger partial charge in [0.1, 0.15) is 11.2 Å². The van der Waals surface area contributed by atoms with Gasteiger partial charge in [-0.1, -0.05) is 173 Å². The topological polar surface area (TPSA) is 47.0 Å². The third-order valence-corrected chi connectivity index (χ3v) is 13.6. The molecule has 0 radical (unpaired) electrons. The van der Waals surface area contributed by atoms with Crippen LogP contribution in [0.25, 0.3) is 115 Å². The van der Waals surface area contributed by atoms with Crippen LogP contribution in [-0.2, 0) is 0 Å². The lowest BCUT2D eigenvalue weighted by Gasteiger charge is -2.10. The first-order valence-electron chi connectivity index (χ1n) is 22.0. The summed E-state index contributed by atoms with van der Waals surface area (Å²) in [5, 5.41) is 11.0. The Morgan fingerprint density at radius 1 is 0.373 bits per heavy atom. The van der Waals surface area contributed by atoms with Gasteiger partial charge in [0.25, 0.3) is 0 Å². The van der Waals surface area contributed by atoms with Crippen LogP contribution in [0.5, 0.6) is 0 Å². The van der Waals surface area contributed by atoms with Crippen molar-refractivity contribution < 1.29 is 8.83 Å². The van der Waals surface area contributed by atoms with Crippen molar-refractivity contribution in [3.63, 3.8) is 0 Å². The Bertz CT molecular complexity index is 3980. The molecule has 14 rings (SSSR count). The average Bonchev–Trinajstić information content (AvgIpc) is 4.15. The van der Waals surface area contributed by atoms with Crippen LogP contribution in [0.2, 0.25) is 10.0 Å². The second kappa shape index (κ2) is 17.0. The van der Waals surface area contributed by atoms with Gasteiger partial charge in [-0.25, -0.2) is 0 Å². The van der Waals surface area contributed by atoms with Crippen molar-refractivity contribution in [2.24, 2.45) is 0 Å². The zero-order valence-corrected chi connectivity index (χ0v) is 38.8. The van der Waals surface area contributed by atoms with E-state index in [9.17, 15) is 0 Å². The quantitative estimate of drug-likeness (QED) is 0.192. The van der Waals surface area contributed by atoms with E-state index in [0.29, 0.717) is 0 Å². The van der Waals surface area contributed by atoms with Gasteiger partial charge in [0, 0.05) is 68.8 Å². The Balaban J connectivity index is 0.000000116. The largest absolute Gasteiger partial charge is 0.454 e. The minimum atomic E-state index is 0.746. The van der Waals surface area contributed by atoms with Crippen LogP contribution >= 0.6 is 39.1 Å². The second-order valence-corrected chi connectivity index (χ2v) is 18.3. The third kappa shape index (κ3) is 7.42. The van der Waals surface area contributed by atoms with E-state index >= 15 is 0 Å². The number of aromatic nitrogens is 2. The molecule has 0 unspecified atom stereocenters. The van der Waals surface area contributed by atoms with Gasteiger partial charge in [-0.2, -0.15) is 0 Å². The Kier molecular flexibility index (Phi) is 10.4. The second-order valence-electron chi connectivity index (χ2n) is 16.5.